The van der Waals surface area contributed by atoms with E-state index in [1.165, 1.54) is 19.4 Å². The summed E-state index contributed by atoms with van der Waals surface area (Å²) in [4.78, 5) is 41.9. The van der Waals surface area contributed by atoms with Crippen molar-refractivity contribution in [3.05, 3.63) is 144 Å². The van der Waals surface area contributed by atoms with E-state index < -0.39 is 66.5 Å². The summed E-state index contributed by atoms with van der Waals surface area (Å²) in [6.45, 7) is 0. The molecular weight excluding hydrogens is 1150 g/mol. The number of nitrogens with one attached hydrogen (secondary N) is 3. The molecule has 81 heavy (non-hydrogen) atoms. The number of benzene rings is 4. The van der Waals surface area contributed by atoms with Gasteiger partial charge in [0, 0.05) is 76.9 Å². The summed E-state index contributed by atoms with van der Waals surface area (Å²) in [5, 5.41) is 11.3. The number of hydrogen-bond acceptors (Lipinski definition) is 12. The molecule has 10 rings (SSSR count). The van der Waals surface area contributed by atoms with Crippen LogP contribution in [0.4, 0.5) is 42.6 Å². The van der Waals surface area contributed by atoms with Gasteiger partial charge in [-0.25, -0.2) is 19.9 Å². The minimum absolute atomic E-state index is 0.179. The summed E-state index contributed by atoms with van der Waals surface area (Å²) >= 11 is 11.6. The Labute approximate surface area is 478 Å². The second kappa shape index (κ2) is 29.2. The second-order valence-corrected chi connectivity index (χ2v) is 19.3. The van der Waals surface area contributed by atoms with Gasteiger partial charge in [-0.3, -0.25) is 14.0 Å². The molecule has 4 aromatic heterocycles. The van der Waals surface area contributed by atoms with Crippen molar-refractivity contribution < 1.29 is 58.5 Å². The fraction of sp³-hybridized carbons (Fsp3) is 0.296. The second-order valence-electron chi connectivity index (χ2n) is 18.2. The van der Waals surface area contributed by atoms with E-state index in [-0.39, 0.29) is 12.1 Å². The van der Waals surface area contributed by atoms with E-state index in [0.29, 0.717) is 71.9 Å². The number of fused-ring (bicyclic) bond motifs is 2. The van der Waals surface area contributed by atoms with E-state index in [1.807, 2.05) is 122 Å². The van der Waals surface area contributed by atoms with Crippen LogP contribution in [0.15, 0.2) is 134 Å². The molecule has 27 heteroatoms. The molecule has 4 aromatic carbocycles. The third-order valence-corrected chi connectivity index (χ3v) is 13.7. The lowest BCUT2D eigenvalue weighted by Crippen LogP contribution is -2.48. The van der Waals surface area contributed by atoms with Gasteiger partial charge in [0.25, 0.3) is 0 Å². The normalized spacial score (nSPS) is 16.9. The van der Waals surface area contributed by atoms with E-state index >= 15 is 0 Å². The number of carbonyl (C=O) groups is 2. The van der Waals surface area contributed by atoms with E-state index in [4.69, 9.17) is 46.4 Å². The molecule has 2 amide bonds. The maximum Gasteiger partial charge on any atom is 0.471 e. The molecule has 3 N–H and O–H groups in total. The van der Waals surface area contributed by atoms with Gasteiger partial charge in [-0.1, -0.05) is 96.0 Å². The molecule has 2 saturated carbocycles. The number of amides is 2. The molecule has 16 nitrogen and oxygen atoms in total. The maximum atomic E-state index is 12.9. The Bertz CT molecular complexity index is 3490. The average Bonchev–Trinajstić information content (AvgIpc) is 4.25. The van der Waals surface area contributed by atoms with E-state index in [1.54, 1.807) is 0 Å². The standard InChI is InChI=1S/C27H25ClF3N5O.C26H23ClF3N5O.CH3F.2O2S/c1-35(25(37)27(29,30)31)19-11-7-8-17(14-19)33-26-32-15-22(28)24(34-26)21-16-36(18-9-3-2-4-10-18)23-13-6-5-12-20(21)23;27-21-14-31-25(33-17-8-6-7-16(13-17)32-24(36)26(28,29)30)34-23(21)20-15-35(18-9-2-1-3-10-18)22-12-5-4-11-19(20)22;1-2;2*1-3-2/h2-6,9-10,12-13,15-17,19H,7-8,11,14H2,1H3,(H,32,33,34);1-5,9-12,14-17H,6-8,13H2,(H,32,36)(H,31,33,34);1H3;;/t17-,19+;16-,17+;;;/m10.../s1/i;;1D;;. The van der Waals surface area contributed by atoms with Crippen LogP contribution in [-0.4, -0.2) is 113 Å². The van der Waals surface area contributed by atoms with Crippen molar-refractivity contribution in [3.8, 4) is 33.9 Å². The molecule has 2 aliphatic rings. The van der Waals surface area contributed by atoms with Crippen LogP contribution >= 0.6 is 23.2 Å². The minimum Gasteiger partial charge on any atom is -0.351 e. The molecule has 2 fully saturated rings. The van der Waals surface area contributed by atoms with E-state index in [2.05, 4.69) is 40.0 Å². The Balaban J connectivity index is 0.000000231. The Morgan fingerprint density at radius 1 is 0.617 bits per heavy atom. The molecule has 0 unspecified atom stereocenters. The summed E-state index contributed by atoms with van der Waals surface area (Å²) in [6, 6.07) is 34.3. The lowest BCUT2D eigenvalue weighted by molar-refractivity contribution is -0.186. The molecule has 0 aliphatic heterocycles. The van der Waals surface area contributed by atoms with Crippen LogP contribution in [0.25, 0.3) is 55.7 Å². The molecule has 2 aliphatic carbocycles. The fourth-order valence-electron chi connectivity index (χ4n) is 9.69. The van der Waals surface area contributed by atoms with Gasteiger partial charge in [0.2, 0.25) is 11.9 Å². The Hall–Kier alpha value is -7.61. The van der Waals surface area contributed by atoms with Crippen molar-refractivity contribution in [2.24, 2.45) is 0 Å². The smallest absolute Gasteiger partial charge is 0.351 e. The summed E-state index contributed by atoms with van der Waals surface area (Å²) in [6.07, 6.45) is 1.79. The molecule has 4 heterocycles. The van der Waals surface area contributed by atoms with Crippen LogP contribution in [0, 0.1) is 0 Å². The molecule has 0 saturated heterocycles. The van der Waals surface area contributed by atoms with Crippen LogP contribution in [0.5, 0.6) is 0 Å². The number of hydrogen-bond donors (Lipinski definition) is 3. The zero-order valence-electron chi connectivity index (χ0n) is 43.7. The number of carbonyl (C=O) groups excluding carboxylic acids is 2. The average molecular weight is 1210 g/mol. The van der Waals surface area contributed by atoms with Gasteiger partial charge in [-0.2, -0.15) is 43.2 Å². The predicted molar refractivity (Wildman–Crippen MR) is 296 cm³/mol. The van der Waals surface area contributed by atoms with E-state index in [9.17, 15) is 40.3 Å². The SMILES string of the molecule is CN(C(=O)C(F)(F)F)[C@H]1CCC[C@@H](Nc2ncc(Cl)c(-c3cn(-c4ccccc4)c4ccccc34)n2)C1.O=C(N[C@H]1CCC[C@@H](Nc2ncc(Cl)c(-c3cn(-c4ccccc4)c4ccccc34)n2)C1)C(F)(F)F.O=S=O.O=S=O.[2H]CF. The molecule has 4 atom stereocenters. The van der Waals surface area contributed by atoms with Crippen molar-refractivity contribution >= 4 is 91.9 Å². The highest BCUT2D eigenvalue weighted by Gasteiger charge is 2.44. The number of rotatable bonds is 10. The number of para-hydroxylation sites is 4. The molecular formula is C54H51Cl2F7N10O6S2. The highest BCUT2D eigenvalue weighted by atomic mass is 35.5. The lowest BCUT2D eigenvalue weighted by Gasteiger charge is -2.35. The highest BCUT2D eigenvalue weighted by Crippen LogP contribution is 2.38. The Morgan fingerprint density at radius 2 is 1.01 bits per heavy atom. The highest BCUT2D eigenvalue weighted by molar-refractivity contribution is 7.52. The fourth-order valence-corrected chi connectivity index (χ4v) is 10.1. The van der Waals surface area contributed by atoms with E-state index in [0.717, 1.165) is 62.0 Å². The Kier molecular flexibility index (Phi) is 22.0. The van der Waals surface area contributed by atoms with Crippen molar-refractivity contribution in [3.63, 3.8) is 0 Å². The topological polar surface area (TPSA) is 203 Å². The molecule has 0 radical (unpaired) electrons. The monoisotopic (exact) mass is 1200 g/mol. The van der Waals surface area contributed by atoms with Gasteiger partial charge >= 0.3 is 47.3 Å². The predicted octanol–water partition coefficient (Wildman–Crippen LogP) is 11.9. The van der Waals surface area contributed by atoms with Gasteiger partial charge in [0.1, 0.15) is 0 Å². The lowest BCUT2D eigenvalue weighted by atomic mass is 9.90. The van der Waals surface area contributed by atoms with Crippen molar-refractivity contribution in [2.45, 2.75) is 87.9 Å². The minimum atomic E-state index is -4.90. The summed E-state index contributed by atoms with van der Waals surface area (Å²) in [7, 11) is 0.211. The van der Waals surface area contributed by atoms with Gasteiger partial charge < -0.3 is 30.0 Å². The van der Waals surface area contributed by atoms with Crippen LogP contribution in [0.3, 0.4) is 0 Å². The summed E-state index contributed by atoms with van der Waals surface area (Å²) in [5.41, 5.74) is 6.78. The Morgan fingerprint density at radius 3 is 1.44 bits per heavy atom. The maximum absolute atomic E-state index is 12.9. The molecule has 0 bridgehead atoms. The summed E-state index contributed by atoms with van der Waals surface area (Å²) in [5.74, 6) is -3.06. The van der Waals surface area contributed by atoms with Crippen LogP contribution in [0.1, 0.15) is 52.7 Å². The van der Waals surface area contributed by atoms with Crippen LogP contribution in [-0.2, 0) is 32.7 Å². The van der Waals surface area contributed by atoms with Crippen LogP contribution < -0.4 is 16.0 Å². The van der Waals surface area contributed by atoms with Gasteiger partial charge in [0.15, 0.2) is 0 Å². The first-order valence-corrected chi connectivity index (χ1v) is 26.7. The number of halogens is 9. The third-order valence-electron chi connectivity index (χ3n) is 13.2. The van der Waals surface area contributed by atoms with Gasteiger partial charge in [-0.15, -0.1) is 0 Å². The first kappa shape index (κ1) is 61.0. The van der Waals surface area contributed by atoms with Crippen LogP contribution in [0.2, 0.25) is 10.0 Å². The van der Waals surface area contributed by atoms with Crippen molar-refractivity contribution in [1.82, 2.24) is 39.3 Å². The molecule has 8 aromatic rings. The number of nitrogens with zero attached hydrogens (tertiary/aromatic N) is 7. The largest absolute Gasteiger partial charge is 0.471 e. The van der Waals surface area contributed by atoms with Gasteiger partial charge in [0.05, 0.1) is 53.4 Å². The number of alkyl halides is 7. The number of aromatic nitrogens is 6. The van der Waals surface area contributed by atoms with Gasteiger partial charge in [-0.05, 0) is 87.8 Å². The zero-order valence-corrected chi connectivity index (χ0v) is 45.8. The zero-order chi connectivity index (χ0) is 59.6. The van der Waals surface area contributed by atoms with Crippen molar-refractivity contribution in [1.29, 1.82) is 0 Å². The van der Waals surface area contributed by atoms with Crippen molar-refractivity contribution in [2.75, 3.05) is 24.8 Å². The summed E-state index contributed by atoms with van der Waals surface area (Å²) < 4.78 is 130. The number of anilines is 2. The first-order valence-electron chi connectivity index (χ1n) is 25.3. The quantitative estimate of drug-likeness (QED) is 0.110. The first-order chi connectivity index (χ1) is 39.3. The molecule has 0 spiro atoms. The molecule has 428 valence electrons. The third kappa shape index (κ3) is 16.3.